The number of nitrogens with zero attached hydrogens (tertiary/aromatic N) is 1. The molecule has 148 valence electrons. The Balaban J connectivity index is 1.94. The molecule has 1 fully saturated rings. The third kappa shape index (κ3) is 3.62. The van der Waals surface area contributed by atoms with Crippen LogP contribution >= 0.6 is 0 Å². The van der Waals surface area contributed by atoms with Gasteiger partial charge in [-0.15, -0.1) is 0 Å². The highest BCUT2D eigenvalue weighted by Gasteiger charge is 2.44. The highest BCUT2D eigenvalue weighted by Crippen LogP contribution is 2.37. The van der Waals surface area contributed by atoms with E-state index < -0.39 is 35.3 Å². The Hall–Kier alpha value is -3.16. The number of nitrogens with one attached hydrogen (secondary N) is 1. The summed E-state index contributed by atoms with van der Waals surface area (Å²) in [6.07, 6.45) is 0. The van der Waals surface area contributed by atoms with Crippen LogP contribution < -0.4 is 14.8 Å². The largest absolute Gasteiger partial charge is 0.497 e. The molecular formula is C20H20F2N2O4. The molecule has 3 rings (SSSR count). The van der Waals surface area contributed by atoms with Crippen molar-refractivity contribution in [2.45, 2.75) is 5.92 Å². The molecule has 2 aromatic carbocycles. The Kier molecular flexibility index (Phi) is 5.48. The molecule has 0 spiro atoms. The number of methoxy groups -OCH3 is 2. The first kappa shape index (κ1) is 19.6. The zero-order valence-electron chi connectivity index (χ0n) is 15.7. The van der Waals surface area contributed by atoms with Gasteiger partial charge in [0.15, 0.2) is 11.6 Å². The van der Waals surface area contributed by atoms with Gasteiger partial charge in [-0.05, 0) is 29.8 Å². The molecule has 28 heavy (non-hydrogen) atoms. The van der Waals surface area contributed by atoms with Crippen molar-refractivity contribution in [1.29, 1.82) is 0 Å². The molecule has 2 amide bonds. The second-order valence-electron chi connectivity index (χ2n) is 6.54. The van der Waals surface area contributed by atoms with E-state index in [4.69, 9.17) is 9.47 Å². The zero-order valence-corrected chi connectivity index (χ0v) is 15.7. The number of likely N-dealkylation sites (tertiary alicyclic amines) is 1. The van der Waals surface area contributed by atoms with Gasteiger partial charge in [-0.2, -0.15) is 0 Å². The summed E-state index contributed by atoms with van der Waals surface area (Å²) in [5.41, 5.74) is 0.364. The number of anilines is 1. The molecule has 0 radical (unpaired) electrons. The van der Waals surface area contributed by atoms with Gasteiger partial charge in [0, 0.05) is 25.6 Å². The van der Waals surface area contributed by atoms with Gasteiger partial charge in [-0.1, -0.05) is 6.07 Å². The number of carbonyl (C=O) groups excluding carboxylic acids is 2. The highest BCUT2D eigenvalue weighted by atomic mass is 19.2. The highest BCUT2D eigenvalue weighted by molar-refractivity contribution is 6.08. The van der Waals surface area contributed by atoms with Crippen LogP contribution in [0, 0.1) is 17.6 Å². The number of benzene rings is 2. The predicted octanol–water partition coefficient (Wildman–Crippen LogP) is 2.79. The van der Waals surface area contributed by atoms with Crippen molar-refractivity contribution < 1.29 is 27.8 Å². The van der Waals surface area contributed by atoms with Crippen molar-refractivity contribution >= 4 is 17.5 Å². The Morgan fingerprint density at radius 3 is 2.39 bits per heavy atom. The maximum atomic E-state index is 13.9. The third-order valence-corrected chi connectivity index (χ3v) is 4.81. The first-order valence-corrected chi connectivity index (χ1v) is 8.58. The number of likely N-dealkylation sites (N-methyl/N-ethyl adjacent to an activating group) is 1. The smallest absolute Gasteiger partial charge is 0.237 e. The number of ether oxygens (including phenoxy) is 2. The molecule has 1 heterocycles. The number of rotatable bonds is 5. The minimum atomic E-state index is -1.17. The molecule has 2 aromatic rings. The van der Waals surface area contributed by atoms with E-state index in [0.717, 1.165) is 6.07 Å². The van der Waals surface area contributed by atoms with Crippen LogP contribution in [0.15, 0.2) is 36.4 Å². The maximum Gasteiger partial charge on any atom is 0.237 e. The van der Waals surface area contributed by atoms with E-state index in [1.807, 2.05) is 0 Å². The molecule has 0 aliphatic carbocycles. The minimum absolute atomic E-state index is 0.291. The fourth-order valence-electron chi connectivity index (χ4n) is 3.35. The Labute approximate surface area is 161 Å². The van der Waals surface area contributed by atoms with Gasteiger partial charge < -0.3 is 19.7 Å². The van der Waals surface area contributed by atoms with Gasteiger partial charge in [0.05, 0.1) is 19.9 Å². The lowest BCUT2D eigenvalue weighted by Crippen LogP contribution is -2.33. The Morgan fingerprint density at radius 2 is 1.79 bits per heavy atom. The molecule has 1 saturated heterocycles. The summed E-state index contributed by atoms with van der Waals surface area (Å²) in [6, 6.07) is 8.60. The molecule has 0 aromatic heterocycles. The first-order valence-electron chi connectivity index (χ1n) is 8.58. The number of hydrogen-bond donors (Lipinski definition) is 1. The van der Waals surface area contributed by atoms with Crippen molar-refractivity contribution in [3.05, 3.63) is 53.6 Å². The minimum Gasteiger partial charge on any atom is -0.497 e. The summed E-state index contributed by atoms with van der Waals surface area (Å²) >= 11 is 0. The van der Waals surface area contributed by atoms with Crippen molar-refractivity contribution in [1.82, 2.24) is 4.90 Å². The SMILES string of the molecule is COc1cc(OC)cc([C@H]2CN(C)C(=O)[C@@H]2C(=O)Nc2cccc(F)c2F)c1. The normalized spacial score (nSPS) is 18.9. The lowest BCUT2D eigenvalue weighted by Gasteiger charge is -2.18. The molecule has 0 unspecified atom stereocenters. The maximum absolute atomic E-state index is 13.9. The van der Waals surface area contributed by atoms with E-state index in [2.05, 4.69) is 5.32 Å². The van der Waals surface area contributed by atoms with Gasteiger partial charge in [0.2, 0.25) is 11.8 Å². The van der Waals surface area contributed by atoms with Gasteiger partial charge in [0.1, 0.15) is 17.4 Å². The van der Waals surface area contributed by atoms with Crippen LogP contribution in [0.3, 0.4) is 0 Å². The summed E-state index contributed by atoms with van der Waals surface area (Å²) in [5.74, 6) is -3.91. The molecule has 1 aliphatic heterocycles. The summed E-state index contributed by atoms with van der Waals surface area (Å²) in [6.45, 7) is 0.291. The van der Waals surface area contributed by atoms with Crippen LogP contribution in [0.2, 0.25) is 0 Å². The lowest BCUT2D eigenvalue weighted by atomic mass is 9.87. The van der Waals surface area contributed by atoms with E-state index in [9.17, 15) is 18.4 Å². The van der Waals surface area contributed by atoms with Crippen LogP contribution in [0.5, 0.6) is 11.5 Å². The fraction of sp³-hybridized carbons (Fsp3) is 0.300. The van der Waals surface area contributed by atoms with Crippen molar-refractivity contribution in [3.63, 3.8) is 0 Å². The number of carbonyl (C=O) groups is 2. The lowest BCUT2D eigenvalue weighted by molar-refractivity contribution is -0.135. The fourth-order valence-corrected chi connectivity index (χ4v) is 3.35. The average Bonchev–Trinajstić information content (AvgIpc) is 2.99. The second-order valence-corrected chi connectivity index (χ2v) is 6.54. The van der Waals surface area contributed by atoms with Crippen LogP contribution in [0.1, 0.15) is 11.5 Å². The van der Waals surface area contributed by atoms with Crippen LogP contribution in [0.4, 0.5) is 14.5 Å². The van der Waals surface area contributed by atoms with E-state index in [0.29, 0.717) is 23.6 Å². The molecule has 0 saturated carbocycles. The molecule has 0 bridgehead atoms. The van der Waals surface area contributed by atoms with E-state index in [1.165, 1.54) is 31.3 Å². The summed E-state index contributed by atoms with van der Waals surface area (Å²) in [7, 11) is 4.59. The van der Waals surface area contributed by atoms with Gasteiger partial charge in [-0.3, -0.25) is 9.59 Å². The molecule has 6 nitrogen and oxygen atoms in total. The van der Waals surface area contributed by atoms with Gasteiger partial charge >= 0.3 is 0 Å². The van der Waals surface area contributed by atoms with Crippen LogP contribution in [0.25, 0.3) is 0 Å². The zero-order chi connectivity index (χ0) is 20.4. The molecule has 8 heteroatoms. The summed E-state index contributed by atoms with van der Waals surface area (Å²) < 4.78 is 37.9. The molecule has 1 N–H and O–H groups in total. The van der Waals surface area contributed by atoms with Crippen molar-refractivity contribution in [2.24, 2.45) is 5.92 Å². The van der Waals surface area contributed by atoms with E-state index in [-0.39, 0.29) is 5.69 Å². The summed E-state index contributed by atoms with van der Waals surface area (Å²) in [4.78, 5) is 26.9. The number of halogens is 2. The van der Waals surface area contributed by atoms with Crippen molar-refractivity contribution in [3.8, 4) is 11.5 Å². The topological polar surface area (TPSA) is 67.9 Å². The Bertz CT molecular complexity index is 897. The second kappa shape index (κ2) is 7.84. The monoisotopic (exact) mass is 390 g/mol. The van der Waals surface area contributed by atoms with Crippen molar-refractivity contribution in [2.75, 3.05) is 33.1 Å². The quantitative estimate of drug-likeness (QED) is 0.798. The predicted molar refractivity (Wildman–Crippen MR) is 98.4 cm³/mol. The Morgan fingerprint density at radius 1 is 1.14 bits per heavy atom. The van der Waals surface area contributed by atoms with Gasteiger partial charge in [0.25, 0.3) is 0 Å². The average molecular weight is 390 g/mol. The van der Waals surface area contributed by atoms with Crippen LogP contribution in [-0.2, 0) is 9.59 Å². The number of amides is 2. The third-order valence-electron chi connectivity index (χ3n) is 4.81. The first-order chi connectivity index (χ1) is 13.3. The van der Waals surface area contributed by atoms with Gasteiger partial charge in [-0.25, -0.2) is 8.78 Å². The number of hydrogen-bond acceptors (Lipinski definition) is 4. The summed E-state index contributed by atoms with van der Waals surface area (Å²) in [5, 5.41) is 2.34. The standard InChI is InChI=1S/C20H20F2N2O4/c1-24-10-14(11-7-12(27-2)9-13(8-11)28-3)17(20(24)26)19(25)23-16-6-4-5-15(21)18(16)22/h4-9,14,17H,10H2,1-3H3,(H,23,25)/t14-,17+/m1/s1. The molecular weight excluding hydrogens is 370 g/mol. The van der Waals surface area contributed by atoms with E-state index >= 15 is 0 Å². The van der Waals surface area contributed by atoms with E-state index in [1.54, 1.807) is 25.2 Å². The molecule has 1 aliphatic rings. The molecule has 2 atom stereocenters. The van der Waals surface area contributed by atoms with Crippen LogP contribution in [-0.4, -0.2) is 44.5 Å².